The van der Waals surface area contributed by atoms with Crippen molar-refractivity contribution in [3.05, 3.63) is 0 Å². The van der Waals surface area contributed by atoms with Gasteiger partial charge in [-0.25, -0.2) is 0 Å². The second-order valence-corrected chi connectivity index (χ2v) is 6.35. The summed E-state index contributed by atoms with van der Waals surface area (Å²) in [6.07, 6.45) is 0.985. The molecule has 1 unspecified atom stereocenters. The van der Waals surface area contributed by atoms with Crippen LogP contribution >= 0.6 is 21.6 Å². The van der Waals surface area contributed by atoms with Crippen molar-refractivity contribution in [2.75, 3.05) is 37.7 Å². The summed E-state index contributed by atoms with van der Waals surface area (Å²) in [6, 6.07) is -0.0877. The summed E-state index contributed by atoms with van der Waals surface area (Å²) in [4.78, 5) is 11.8. The largest absolute Gasteiger partial charge is 0.355 e. The van der Waals surface area contributed by atoms with Crippen molar-refractivity contribution in [1.82, 2.24) is 16.0 Å². The van der Waals surface area contributed by atoms with Gasteiger partial charge in [0.25, 0.3) is 0 Å². The highest BCUT2D eigenvalue weighted by atomic mass is 33.1. The summed E-state index contributed by atoms with van der Waals surface area (Å²) in [7, 11) is 3.75. The lowest BCUT2D eigenvalue weighted by Crippen LogP contribution is -2.51. The van der Waals surface area contributed by atoms with Crippen molar-refractivity contribution >= 4 is 27.5 Å². The molecule has 6 heteroatoms. The average Bonchev–Trinajstić information content (AvgIpc) is 2.32. The second-order valence-electron chi connectivity index (χ2n) is 3.65. The van der Waals surface area contributed by atoms with Crippen LogP contribution < -0.4 is 16.0 Å². The molecule has 1 atom stereocenters. The molecule has 1 rings (SSSR count). The zero-order chi connectivity index (χ0) is 11.6. The Labute approximate surface area is 105 Å². The minimum absolute atomic E-state index is 0.0877. The Morgan fingerprint density at radius 3 is 2.88 bits per heavy atom. The summed E-state index contributed by atoms with van der Waals surface area (Å²) in [5.41, 5.74) is 0. The van der Waals surface area contributed by atoms with E-state index in [2.05, 4.69) is 22.9 Å². The summed E-state index contributed by atoms with van der Waals surface area (Å²) < 4.78 is 0. The molecule has 0 radical (unpaired) electrons. The van der Waals surface area contributed by atoms with Gasteiger partial charge >= 0.3 is 0 Å². The third-order valence-electron chi connectivity index (χ3n) is 2.24. The number of hydrogen-bond acceptors (Lipinski definition) is 5. The lowest BCUT2D eigenvalue weighted by molar-refractivity contribution is -0.123. The van der Waals surface area contributed by atoms with Gasteiger partial charge in [0.1, 0.15) is 0 Å². The molecule has 16 heavy (non-hydrogen) atoms. The van der Waals surface area contributed by atoms with E-state index in [0.717, 1.165) is 44.1 Å². The first-order valence-electron chi connectivity index (χ1n) is 5.81. The van der Waals surface area contributed by atoms with E-state index in [9.17, 15) is 4.79 Å². The number of hydrogen-bond donors (Lipinski definition) is 3. The molecule has 1 aliphatic heterocycles. The SMILES string of the molecule is CCCNC(=O)C1CNCCSSCCN1. The fraction of sp³-hybridized carbons (Fsp3) is 0.900. The maximum absolute atomic E-state index is 11.8. The molecular weight excluding hydrogens is 242 g/mol. The molecule has 94 valence electrons. The molecule has 0 aromatic rings. The summed E-state index contributed by atoms with van der Waals surface area (Å²) in [5.74, 6) is 2.28. The molecule has 1 saturated heterocycles. The number of carbonyl (C=O) groups excluding carboxylic acids is 1. The maximum atomic E-state index is 11.8. The van der Waals surface area contributed by atoms with E-state index in [1.807, 2.05) is 21.6 Å². The Morgan fingerprint density at radius 1 is 1.38 bits per heavy atom. The first-order chi connectivity index (χ1) is 7.84. The van der Waals surface area contributed by atoms with E-state index in [1.54, 1.807) is 0 Å². The van der Waals surface area contributed by atoms with E-state index < -0.39 is 0 Å². The van der Waals surface area contributed by atoms with E-state index >= 15 is 0 Å². The van der Waals surface area contributed by atoms with Gasteiger partial charge in [0.15, 0.2) is 0 Å². The van der Waals surface area contributed by atoms with Crippen LogP contribution in [0, 0.1) is 0 Å². The lowest BCUT2D eigenvalue weighted by atomic mass is 10.2. The summed E-state index contributed by atoms with van der Waals surface area (Å²) in [6.45, 7) is 5.41. The molecule has 4 nitrogen and oxygen atoms in total. The van der Waals surface area contributed by atoms with Crippen molar-refractivity contribution in [3.8, 4) is 0 Å². The number of nitrogens with one attached hydrogen (secondary N) is 3. The maximum Gasteiger partial charge on any atom is 0.238 e. The van der Waals surface area contributed by atoms with Crippen LogP contribution in [-0.2, 0) is 4.79 Å². The number of rotatable bonds is 3. The minimum Gasteiger partial charge on any atom is -0.355 e. The first kappa shape index (κ1) is 14.2. The highest BCUT2D eigenvalue weighted by Crippen LogP contribution is 2.19. The summed E-state index contributed by atoms with van der Waals surface area (Å²) in [5, 5.41) is 9.53. The third-order valence-corrected chi connectivity index (χ3v) is 4.64. The van der Waals surface area contributed by atoms with Gasteiger partial charge in [-0.05, 0) is 6.42 Å². The monoisotopic (exact) mass is 263 g/mol. The van der Waals surface area contributed by atoms with Gasteiger partial charge in [-0.1, -0.05) is 28.5 Å². The van der Waals surface area contributed by atoms with Crippen LogP contribution in [-0.4, -0.2) is 49.6 Å². The molecular formula is C10H21N3OS2. The first-order valence-corrected chi connectivity index (χ1v) is 8.29. The smallest absolute Gasteiger partial charge is 0.238 e. The Kier molecular flexibility index (Phi) is 8.10. The van der Waals surface area contributed by atoms with E-state index in [1.165, 1.54) is 0 Å². The van der Waals surface area contributed by atoms with Crippen molar-refractivity contribution in [3.63, 3.8) is 0 Å². The van der Waals surface area contributed by atoms with Crippen molar-refractivity contribution in [2.45, 2.75) is 19.4 Å². The molecule has 1 fully saturated rings. The topological polar surface area (TPSA) is 53.2 Å². The van der Waals surface area contributed by atoms with E-state index in [-0.39, 0.29) is 11.9 Å². The van der Waals surface area contributed by atoms with Crippen LogP contribution in [0.15, 0.2) is 0 Å². The summed E-state index contributed by atoms with van der Waals surface area (Å²) >= 11 is 0. The van der Waals surface area contributed by atoms with E-state index in [4.69, 9.17) is 0 Å². The Bertz CT molecular complexity index is 195. The molecule has 0 spiro atoms. The molecule has 0 aromatic carbocycles. The van der Waals surface area contributed by atoms with Gasteiger partial charge in [-0.2, -0.15) is 0 Å². The van der Waals surface area contributed by atoms with Gasteiger partial charge in [0, 0.05) is 37.7 Å². The molecule has 1 amide bonds. The molecule has 0 aromatic heterocycles. The van der Waals surface area contributed by atoms with Crippen molar-refractivity contribution in [1.29, 1.82) is 0 Å². The number of carbonyl (C=O) groups is 1. The quantitative estimate of drug-likeness (QED) is 0.646. The predicted octanol–water partition coefficient (Wildman–Crippen LogP) is 0.455. The van der Waals surface area contributed by atoms with Crippen LogP contribution in [0.5, 0.6) is 0 Å². The second kappa shape index (κ2) is 9.15. The normalized spacial score (nSPS) is 23.7. The zero-order valence-electron chi connectivity index (χ0n) is 9.75. The molecule has 1 aliphatic rings. The zero-order valence-corrected chi connectivity index (χ0v) is 11.4. The molecule has 0 bridgehead atoms. The Morgan fingerprint density at radius 2 is 2.12 bits per heavy atom. The highest BCUT2D eigenvalue weighted by molar-refractivity contribution is 8.76. The fourth-order valence-electron chi connectivity index (χ4n) is 1.38. The van der Waals surface area contributed by atoms with Crippen molar-refractivity contribution < 1.29 is 4.79 Å². The van der Waals surface area contributed by atoms with E-state index in [0.29, 0.717) is 0 Å². The Hall–Kier alpha value is 0.0900. The fourth-order valence-corrected chi connectivity index (χ4v) is 3.25. The van der Waals surface area contributed by atoms with Gasteiger partial charge in [-0.15, -0.1) is 0 Å². The standard InChI is InChI=1S/C10H21N3OS2/c1-2-3-13-10(14)9-8-11-4-6-15-16-7-5-12-9/h9,11-12H,2-8H2,1H3,(H,13,14). The van der Waals surface area contributed by atoms with Crippen LogP contribution in [0.25, 0.3) is 0 Å². The molecule has 3 N–H and O–H groups in total. The molecule has 0 aliphatic carbocycles. The highest BCUT2D eigenvalue weighted by Gasteiger charge is 2.16. The predicted molar refractivity (Wildman–Crippen MR) is 72.9 cm³/mol. The molecule has 1 heterocycles. The number of amides is 1. The van der Waals surface area contributed by atoms with Gasteiger partial charge in [-0.3, -0.25) is 4.79 Å². The molecule has 0 saturated carbocycles. The van der Waals surface area contributed by atoms with Gasteiger partial charge < -0.3 is 16.0 Å². The van der Waals surface area contributed by atoms with Gasteiger partial charge in [0.05, 0.1) is 6.04 Å². The van der Waals surface area contributed by atoms with Crippen LogP contribution in [0.3, 0.4) is 0 Å². The van der Waals surface area contributed by atoms with Crippen LogP contribution in [0.4, 0.5) is 0 Å². The van der Waals surface area contributed by atoms with Crippen LogP contribution in [0.2, 0.25) is 0 Å². The lowest BCUT2D eigenvalue weighted by Gasteiger charge is -2.20. The minimum atomic E-state index is -0.0877. The van der Waals surface area contributed by atoms with Crippen molar-refractivity contribution in [2.24, 2.45) is 0 Å². The third kappa shape index (κ3) is 5.98. The average molecular weight is 263 g/mol. The van der Waals surface area contributed by atoms with Gasteiger partial charge in [0.2, 0.25) is 5.91 Å². The van der Waals surface area contributed by atoms with Crippen LogP contribution in [0.1, 0.15) is 13.3 Å². The Balaban J connectivity index is 2.31.